The van der Waals surface area contributed by atoms with Gasteiger partial charge in [0.05, 0.1) is 49.0 Å². The number of urea groups is 1. The van der Waals surface area contributed by atoms with Gasteiger partial charge in [0.15, 0.2) is 0 Å². The molecule has 2 aromatic rings. The Bertz CT molecular complexity index is 1350. The molecule has 12 nitrogen and oxygen atoms in total. The van der Waals surface area contributed by atoms with Crippen molar-refractivity contribution in [3.05, 3.63) is 58.1 Å². The predicted octanol–water partition coefficient (Wildman–Crippen LogP) is 1.40. The molecule has 2 aromatic carbocycles. The van der Waals surface area contributed by atoms with E-state index in [0.717, 1.165) is 37.3 Å². The van der Waals surface area contributed by atoms with Crippen LogP contribution in [0.2, 0.25) is 5.02 Å². The fraction of sp³-hybridized carbons (Fsp3) is 0.500. The first-order valence-corrected chi connectivity index (χ1v) is 15.7. The largest absolute Gasteiger partial charge is 0.484 e. The quantitative estimate of drug-likeness (QED) is 0.230. The number of hydrogen-bond donors (Lipinski definition) is 4. The molecular weight excluding hydrogens is 584 g/mol. The number of fused-ring (bicyclic) bond motifs is 1. The number of hydrogen-bond acceptors (Lipinski definition) is 9. The maximum Gasteiger partial charge on any atom is 0.314 e. The Morgan fingerprint density at radius 2 is 1.79 bits per heavy atom. The van der Waals surface area contributed by atoms with E-state index in [4.69, 9.17) is 25.8 Å². The summed E-state index contributed by atoms with van der Waals surface area (Å²) in [6.07, 6.45) is 0.331. The van der Waals surface area contributed by atoms with Crippen LogP contribution in [0.3, 0.4) is 0 Å². The van der Waals surface area contributed by atoms with Crippen LogP contribution < -0.4 is 25.4 Å². The summed E-state index contributed by atoms with van der Waals surface area (Å²) in [5.74, 6) is 0.527. The van der Waals surface area contributed by atoms with Crippen LogP contribution in [0, 0.1) is 11.3 Å². The fourth-order valence-corrected chi connectivity index (χ4v) is 6.30. The molecule has 2 amide bonds. The number of ether oxygens (including phenoxy) is 3. The Labute approximate surface area is 251 Å². The lowest BCUT2D eigenvalue weighted by atomic mass is 10.0. The third-order valence-electron chi connectivity index (χ3n) is 7.13. The average molecular weight is 621 g/mol. The summed E-state index contributed by atoms with van der Waals surface area (Å²) in [7, 11) is -2.21. The molecule has 0 spiro atoms. The molecule has 2 atom stereocenters. The lowest BCUT2D eigenvalue weighted by Gasteiger charge is -2.36. The van der Waals surface area contributed by atoms with Gasteiger partial charge in [0.1, 0.15) is 11.9 Å². The monoisotopic (exact) mass is 620 g/mol. The number of rotatable bonds is 14. The molecule has 1 saturated heterocycles. The summed E-state index contributed by atoms with van der Waals surface area (Å²) in [4.78, 5) is 13.5. The zero-order chi connectivity index (χ0) is 30.0. The van der Waals surface area contributed by atoms with E-state index in [1.807, 2.05) is 6.07 Å². The van der Waals surface area contributed by atoms with Gasteiger partial charge in [0, 0.05) is 51.3 Å². The van der Waals surface area contributed by atoms with Crippen LogP contribution in [0.15, 0.2) is 41.3 Å². The molecule has 42 heavy (non-hydrogen) atoms. The first kappa shape index (κ1) is 32.0. The van der Waals surface area contributed by atoms with E-state index in [1.54, 1.807) is 18.2 Å². The van der Waals surface area contributed by atoms with Gasteiger partial charge in [-0.25, -0.2) is 17.9 Å². The van der Waals surface area contributed by atoms with Crippen LogP contribution in [0.5, 0.6) is 5.75 Å². The summed E-state index contributed by atoms with van der Waals surface area (Å²) in [6.45, 7) is 5.13. The van der Waals surface area contributed by atoms with E-state index in [1.165, 1.54) is 19.2 Å². The van der Waals surface area contributed by atoms with E-state index in [9.17, 15) is 18.5 Å². The predicted molar refractivity (Wildman–Crippen MR) is 157 cm³/mol. The van der Waals surface area contributed by atoms with Crippen molar-refractivity contribution in [2.45, 2.75) is 23.5 Å². The molecular formula is C28H37ClN6O6S. The number of carbonyl (C=O) groups excluding carboxylic acids is 1. The van der Waals surface area contributed by atoms with Crippen molar-refractivity contribution in [3.63, 3.8) is 0 Å². The number of nitriles is 1. The van der Waals surface area contributed by atoms with E-state index in [-0.39, 0.29) is 36.2 Å². The van der Waals surface area contributed by atoms with Crippen molar-refractivity contribution in [2.75, 3.05) is 72.7 Å². The number of nitrogens with zero attached hydrogens (tertiary/aromatic N) is 2. The van der Waals surface area contributed by atoms with Crippen LogP contribution in [0.25, 0.3) is 0 Å². The summed E-state index contributed by atoms with van der Waals surface area (Å²) in [6, 6.07) is 11.9. The van der Waals surface area contributed by atoms with Crippen molar-refractivity contribution >= 4 is 27.7 Å². The molecule has 4 rings (SSSR count). The highest BCUT2D eigenvalue weighted by Gasteiger charge is 2.40. The van der Waals surface area contributed by atoms with Crippen molar-refractivity contribution in [2.24, 2.45) is 0 Å². The molecule has 2 aliphatic rings. The molecule has 0 bridgehead atoms. The second-order valence-electron chi connectivity index (χ2n) is 9.83. The van der Waals surface area contributed by atoms with Crippen molar-refractivity contribution in [3.8, 4) is 11.8 Å². The molecule has 228 valence electrons. The van der Waals surface area contributed by atoms with Gasteiger partial charge in [-0.3, -0.25) is 4.90 Å². The van der Waals surface area contributed by atoms with Gasteiger partial charge in [-0.1, -0.05) is 11.6 Å². The standard InChI is InChI=1S/C28H37ClN6O6S/c1-31-28(36)33-8-12-39-14-15-40-13-9-34-42(37,38)23-4-2-22(3-5-23)41-27-25-17-21(29)16-20(19-30)24(25)18-26(27)35-10-6-32-7-11-35/h2-5,16-17,26-27,32,34H,6-15,18H2,1H3,(H2,31,33,36)/t26-,27-/m0/s1. The highest BCUT2D eigenvalue weighted by molar-refractivity contribution is 7.89. The number of nitrogens with one attached hydrogen (secondary N) is 4. The fourth-order valence-electron chi connectivity index (χ4n) is 5.06. The minimum atomic E-state index is -3.74. The van der Waals surface area contributed by atoms with Gasteiger partial charge in [0.2, 0.25) is 10.0 Å². The molecule has 1 fully saturated rings. The summed E-state index contributed by atoms with van der Waals surface area (Å²) in [5.41, 5.74) is 2.40. The van der Waals surface area contributed by atoms with E-state index in [2.05, 4.69) is 31.6 Å². The molecule has 14 heteroatoms. The second kappa shape index (κ2) is 15.5. The highest BCUT2D eigenvalue weighted by Crippen LogP contribution is 2.41. The van der Waals surface area contributed by atoms with Gasteiger partial charge in [-0.15, -0.1) is 0 Å². The number of halogens is 1. The topological polar surface area (TPSA) is 154 Å². The normalized spacial score (nSPS) is 18.7. The lowest BCUT2D eigenvalue weighted by molar-refractivity contribution is 0.0516. The van der Waals surface area contributed by atoms with Gasteiger partial charge in [-0.2, -0.15) is 5.26 Å². The summed E-state index contributed by atoms with van der Waals surface area (Å²) in [5, 5.41) is 18.6. The van der Waals surface area contributed by atoms with Gasteiger partial charge in [-0.05, 0) is 53.9 Å². The number of piperazine rings is 1. The molecule has 1 aliphatic carbocycles. The van der Waals surface area contributed by atoms with Crippen LogP contribution in [0.4, 0.5) is 4.79 Å². The molecule has 4 N–H and O–H groups in total. The van der Waals surface area contributed by atoms with Crippen LogP contribution in [0.1, 0.15) is 22.8 Å². The minimum absolute atomic E-state index is 0.0300. The smallest absolute Gasteiger partial charge is 0.314 e. The third kappa shape index (κ3) is 8.54. The molecule has 0 unspecified atom stereocenters. The molecule has 0 aromatic heterocycles. The second-order valence-corrected chi connectivity index (χ2v) is 12.0. The summed E-state index contributed by atoms with van der Waals surface area (Å²) < 4.78 is 45.3. The summed E-state index contributed by atoms with van der Waals surface area (Å²) >= 11 is 6.36. The Kier molecular flexibility index (Phi) is 11.8. The SMILES string of the molecule is CNC(=O)NCCOCCOCCNS(=O)(=O)c1ccc(O[C@H]2c3cc(Cl)cc(C#N)c3C[C@@H]2N2CCNCC2)cc1. The lowest BCUT2D eigenvalue weighted by Crippen LogP contribution is -2.50. The van der Waals surface area contributed by atoms with Crippen LogP contribution in [-0.2, 0) is 25.9 Å². The Balaban J connectivity index is 1.29. The van der Waals surface area contributed by atoms with Crippen LogP contribution >= 0.6 is 11.6 Å². The average Bonchev–Trinajstić information content (AvgIpc) is 3.35. The maximum absolute atomic E-state index is 12.8. The Hall–Kier alpha value is -2.96. The van der Waals surface area contributed by atoms with E-state index >= 15 is 0 Å². The maximum atomic E-state index is 12.8. The number of amides is 2. The zero-order valence-electron chi connectivity index (χ0n) is 23.5. The zero-order valence-corrected chi connectivity index (χ0v) is 25.1. The Morgan fingerprint density at radius 1 is 1.10 bits per heavy atom. The van der Waals surface area contributed by atoms with Gasteiger partial charge < -0.3 is 30.2 Å². The molecule has 1 heterocycles. The van der Waals surface area contributed by atoms with E-state index in [0.29, 0.717) is 49.1 Å². The molecule has 0 saturated carbocycles. The van der Waals surface area contributed by atoms with Crippen molar-refractivity contribution < 1.29 is 27.4 Å². The van der Waals surface area contributed by atoms with Crippen molar-refractivity contribution in [1.82, 2.24) is 25.6 Å². The Morgan fingerprint density at radius 3 is 2.45 bits per heavy atom. The van der Waals surface area contributed by atoms with Gasteiger partial charge >= 0.3 is 6.03 Å². The highest BCUT2D eigenvalue weighted by atomic mass is 35.5. The minimum Gasteiger partial charge on any atom is -0.484 e. The first-order chi connectivity index (χ1) is 20.3. The first-order valence-electron chi connectivity index (χ1n) is 13.9. The van der Waals surface area contributed by atoms with E-state index < -0.39 is 10.0 Å². The van der Waals surface area contributed by atoms with Gasteiger partial charge in [0.25, 0.3) is 0 Å². The van der Waals surface area contributed by atoms with Crippen LogP contribution in [-0.4, -0.2) is 98.1 Å². The van der Waals surface area contributed by atoms with Crippen molar-refractivity contribution in [1.29, 1.82) is 5.26 Å². The molecule has 0 radical (unpaired) electrons. The number of sulfonamides is 1. The molecule has 1 aliphatic heterocycles. The third-order valence-corrected chi connectivity index (χ3v) is 8.82. The number of carbonyl (C=O) groups is 1. The number of benzene rings is 2.